The first-order chi connectivity index (χ1) is 9.33. The van der Waals surface area contributed by atoms with Crippen molar-refractivity contribution in [3.05, 3.63) is 11.3 Å². The van der Waals surface area contributed by atoms with Crippen LogP contribution < -0.4 is 5.32 Å². The van der Waals surface area contributed by atoms with Crippen LogP contribution in [-0.2, 0) is 11.2 Å². The van der Waals surface area contributed by atoms with Gasteiger partial charge in [-0.2, -0.15) is 9.61 Å². The zero-order chi connectivity index (χ0) is 13.1. The fraction of sp³-hybridized carbons (Fsp3) is 0.667. The molecule has 0 aromatic carbocycles. The standard InChI is InChI=1S/C12H17N5OS/c18-11(9-4-2-1-3-5-9)13-7-6-10-16-17-8-14-15-12(17)19-10/h8-9H,1-7H2,(H,13,18). The summed E-state index contributed by atoms with van der Waals surface area (Å²) in [5, 5.41) is 16.0. The molecule has 1 N–H and O–H groups in total. The van der Waals surface area contributed by atoms with E-state index in [-0.39, 0.29) is 11.8 Å². The number of hydrogen-bond acceptors (Lipinski definition) is 5. The maximum absolute atomic E-state index is 12.0. The van der Waals surface area contributed by atoms with Crippen LogP contribution in [0.25, 0.3) is 4.96 Å². The van der Waals surface area contributed by atoms with Gasteiger partial charge in [-0.3, -0.25) is 4.79 Å². The van der Waals surface area contributed by atoms with Crippen LogP contribution in [0.1, 0.15) is 37.1 Å². The molecule has 0 aliphatic heterocycles. The van der Waals surface area contributed by atoms with Crippen molar-refractivity contribution in [2.45, 2.75) is 38.5 Å². The summed E-state index contributed by atoms with van der Waals surface area (Å²) >= 11 is 1.52. The van der Waals surface area contributed by atoms with Crippen LogP contribution in [0.4, 0.5) is 0 Å². The Morgan fingerprint density at radius 1 is 1.42 bits per heavy atom. The van der Waals surface area contributed by atoms with Crippen molar-refractivity contribution < 1.29 is 4.79 Å². The minimum atomic E-state index is 0.211. The zero-order valence-electron chi connectivity index (χ0n) is 10.7. The van der Waals surface area contributed by atoms with Gasteiger partial charge in [-0.25, -0.2) is 0 Å². The van der Waals surface area contributed by atoms with E-state index in [1.54, 1.807) is 10.8 Å². The van der Waals surface area contributed by atoms with Crippen molar-refractivity contribution in [1.29, 1.82) is 0 Å². The van der Waals surface area contributed by atoms with Crippen LogP contribution in [0.3, 0.4) is 0 Å². The van der Waals surface area contributed by atoms with Gasteiger partial charge in [0.25, 0.3) is 0 Å². The second kappa shape index (κ2) is 5.64. The molecule has 0 bridgehead atoms. The number of aromatic nitrogens is 4. The van der Waals surface area contributed by atoms with E-state index in [2.05, 4.69) is 20.6 Å². The first-order valence-corrected chi connectivity index (χ1v) is 7.58. The highest BCUT2D eigenvalue weighted by Crippen LogP contribution is 2.23. The molecule has 0 atom stereocenters. The average Bonchev–Trinajstić information content (AvgIpc) is 3.00. The summed E-state index contributed by atoms with van der Waals surface area (Å²) in [6.07, 6.45) is 8.09. The average molecular weight is 279 g/mol. The Hall–Kier alpha value is -1.50. The molecule has 19 heavy (non-hydrogen) atoms. The minimum absolute atomic E-state index is 0.211. The molecule has 1 saturated carbocycles. The topological polar surface area (TPSA) is 72.2 Å². The molecule has 2 heterocycles. The van der Waals surface area contributed by atoms with E-state index >= 15 is 0 Å². The van der Waals surface area contributed by atoms with Crippen molar-refractivity contribution in [3.63, 3.8) is 0 Å². The Balaban J connectivity index is 1.47. The van der Waals surface area contributed by atoms with Crippen molar-refractivity contribution in [1.82, 2.24) is 25.1 Å². The Bertz CT molecular complexity index is 529. The molecule has 0 unspecified atom stereocenters. The predicted octanol–water partition coefficient (Wildman–Crippen LogP) is 1.42. The van der Waals surface area contributed by atoms with Gasteiger partial charge in [-0.05, 0) is 12.8 Å². The van der Waals surface area contributed by atoms with E-state index in [0.29, 0.717) is 6.54 Å². The molecular formula is C12H17N5OS. The zero-order valence-corrected chi connectivity index (χ0v) is 11.5. The van der Waals surface area contributed by atoms with Gasteiger partial charge in [-0.15, -0.1) is 10.2 Å². The van der Waals surface area contributed by atoms with Gasteiger partial charge in [0.2, 0.25) is 10.9 Å². The van der Waals surface area contributed by atoms with Gasteiger partial charge in [0.15, 0.2) is 0 Å². The quantitative estimate of drug-likeness (QED) is 0.919. The van der Waals surface area contributed by atoms with Crippen LogP contribution in [-0.4, -0.2) is 32.3 Å². The van der Waals surface area contributed by atoms with Gasteiger partial charge >= 0.3 is 0 Å². The number of hydrogen-bond donors (Lipinski definition) is 1. The number of nitrogens with one attached hydrogen (secondary N) is 1. The Morgan fingerprint density at radius 2 is 2.26 bits per heavy atom. The molecule has 1 aliphatic rings. The Kier molecular flexibility index (Phi) is 3.72. The van der Waals surface area contributed by atoms with Crippen molar-refractivity contribution in [3.8, 4) is 0 Å². The van der Waals surface area contributed by atoms with E-state index in [4.69, 9.17) is 0 Å². The highest BCUT2D eigenvalue weighted by molar-refractivity contribution is 7.16. The molecular weight excluding hydrogens is 262 g/mol. The van der Waals surface area contributed by atoms with Crippen molar-refractivity contribution in [2.75, 3.05) is 6.54 Å². The normalized spacial score (nSPS) is 16.8. The van der Waals surface area contributed by atoms with E-state index in [1.165, 1.54) is 30.6 Å². The third-order valence-corrected chi connectivity index (χ3v) is 4.52. The fourth-order valence-corrected chi connectivity index (χ4v) is 3.32. The Morgan fingerprint density at radius 3 is 3.05 bits per heavy atom. The molecule has 2 aromatic rings. The maximum Gasteiger partial charge on any atom is 0.234 e. The van der Waals surface area contributed by atoms with E-state index in [9.17, 15) is 4.79 Å². The van der Waals surface area contributed by atoms with Gasteiger partial charge in [0, 0.05) is 18.9 Å². The molecule has 1 amide bonds. The van der Waals surface area contributed by atoms with E-state index in [1.807, 2.05) is 0 Å². The molecule has 0 saturated heterocycles. The van der Waals surface area contributed by atoms with E-state index in [0.717, 1.165) is 29.2 Å². The molecule has 3 rings (SSSR count). The molecule has 7 heteroatoms. The molecule has 0 spiro atoms. The van der Waals surface area contributed by atoms with Crippen LogP contribution in [0, 0.1) is 5.92 Å². The first kappa shape index (κ1) is 12.5. The monoisotopic (exact) mass is 279 g/mol. The summed E-state index contributed by atoms with van der Waals surface area (Å²) in [5.41, 5.74) is 0. The van der Waals surface area contributed by atoms with Crippen LogP contribution in [0.2, 0.25) is 0 Å². The summed E-state index contributed by atoms with van der Waals surface area (Å²) in [6, 6.07) is 0. The van der Waals surface area contributed by atoms with Gasteiger partial charge in [0.1, 0.15) is 11.3 Å². The third-order valence-electron chi connectivity index (χ3n) is 3.54. The second-order valence-corrected chi connectivity index (χ2v) is 5.97. The molecule has 2 aromatic heterocycles. The number of fused-ring (bicyclic) bond motifs is 1. The van der Waals surface area contributed by atoms with Crippen LogP contribution >= 0.6 is 11.3 Å². The predicted molar refractivity (Wildman–Crippen MR) is 71.9 cm³/mol. The number of nitrogens with zero attached hydrogens (tertiary/aromatic N) is 4. The maximum atomic E-state index is 12.0. The summed E-state index contributed by atoms with van der Waals surface area (Å²) in [7, 11) is 0. The molecule has 102 valence electrons. The number of rotatable bonds is 4. The van der Waals surface area contributed by atoms with Crippen LogP contribution in [0.5, 0.6) is 0 Å². The summed E-state index contributed by atoms with van der Waals surface area (Å²) < 4.78 is 1.67. The second-order valence-electron chi connectivity index (χ2n) is 4.93. The Labute approximate surface area is 115 Å². The molecule has 6 nitrogen and oxygen atoms in total. The van der Waals surface area contributed by atoms with Gasteiger partial charge < -0.3 is 5.32 Å². The minimum Gasteiger partial charge on any atom is -0.355 e. The number of amides is 1. The van der Waals surface area contributed by atoms with Gasteiger partial charge in [-0.1, -0.05) is 30.6 Å². The van der Waals surface area contributed by atoms with Crippen LogP contribution in [0.15, 0.2) is 6.33 Å². The molecule has 1 aliphatic carbocycles. The van der Waals surface area contributed by atoms with Gasteiger partial charge in [0.05, 0.1) is 0 Å². The summed E-state index contributed by atoms with van der Waals surface area (Å²) in [5.74, 6) is 0.439. The lowest BCUT2D eigenvalue weighted by Gasteiger charge is -2.20. The van der Waals surface area contributed by atoms with Crippen molar-refractivity contribution >= 4 is 22.2 Å². The lowest BCUT2D eigenvalue weighted by molar-refractivity contribution is -0.125. The highest BCUT2D eigenvalue weighted by Gasteiger charge is 2.20. The lowest BCUT2D eigenvalue weighted by Crippen LogP contribution is -2.33. The molecule has 1 fully saturated rings. The van der Waals surface area contributed by atoms with Crippen molar-refractivity contribution in [2.24, 2.45) is 5.92 Å². The number of carbonyl (C=O) groups excluding carboxylic acids is 1. The molecule has 0 radical (unpaired) electrons. The summed E-state index contributed by atoms with van der Waals surface area (Å²) in [6.45, 7) is 0.652. The fourth-order valence-electron chi connectivity index (χ4n) is 2.50. The largest absolute Gasteiger partial charge is 0.355 e. The smallest absolute Gasteiger partial charge is 0.234 e. The number of carbonyl (C=O) groups is 1. The highest BCUT2D eigenvalue weighted by atomic mass is 32.1. The lowest BCUT2D eigenvalue weighted by atomic mass is 9.89. The SMILES string of the molecule is O=C(NCCc1nn2cnnc2s1)C1CCCCC1. The summed E-state index contributed by atoms with van der Waals surface area (Å²) in [4.78, 5) is 12.8. The first-order valence-electron chi connectivity index (χ1n) is 6.76. The van der Waals surface area contributed by atoms with E-state index < -0.39 is 0 Å². The third kappa shape index (κ3) is 2.91.